The Balaban J connectivity index is 1.34. The van der Waals surface area contributed by atoms with Crippen LogP contribution in [-0.2, 0) is 17.6 Å². The van der Waals surface area contributed by atoms with Crippen molar-refractivity contribution in [2.45, 2.75) is 57.3 Å². The molecule has 198 valence electrons. The number of alkyl halides is 2. The predicted molar refractivity (Wildman–Crippen MR) is 151 cm³/mol. The van der Waals surface area contributed by atoms with Crippen LogP contribution in [-0.4, -0.2) is 11.1 Å². The van der Waals surface area contributed by atoms with Crippen LogP contribution >= 0.6 is 0 Å². The lowest BCUT2D eigenvalue weighted by Gasteiger charge is -2.24. The molecular weight excluding hydrogens is 492 g/mol. The van der Waals surface area contributed by atoms with Gasteiger partial charge in [0.15, 0.2) is 0 Å². The average molecular weight is 524 g/mol. The lowest BCUT2D eigenvalue weighted by molar-refractivity contribution is -0.139. The van der Waals surface area contributed by atoms with Crippen molar-refractivity contribution >= 4 is 11.7 Å². The first-order chi connectivity index (χ1) is 18.9. The number of anilines is 1. The van der Waals surface area contributed by atoms with Gasteiger partial charge in [-0.05, 0) is 99.7 Å². The number of rotatable bonds is 8. The second-order valence-corrected chi connectivity index (χ2v) is 10.7. The zero-order valence-electron chi connectivity index (χ0n) is 21.9. The Morgan fingerprint density at radius 3 is 2.15 bits per heavy atom. The number of hydrogen-bond donors (Lipinski definition) is 2. The summed E-state index contributed by atoms with van der Waals surface area (Å²) in [5, 5.41) is 10.4. The minimum atomic E-state index is -2.55. The van der Waals surface area contributed by atoms with Crippen LogP contribution in [0.2, 0.25) is 0 Å². The summed E-state index contributed by atoms with van der Waals surface area (Å²) in [7, 11) is 0. The molecule has 3 nitrogen and oxygen atoms in total. The number of halogens is 2. The van der Waals surface area contributed by atoms with E-state index in [-0.39, 0.29) is 11.5 Å². The molecule has 0 heterocycles. The van der Waals surface area contributed by atoms with E-state index in [2.05, 4.69) is 19.1 Å². The Bertz CT molecular complexity index is 1590. The number of aliphatic carboxylic acids is 1. The number of carboxylic acid groups (broad SMARTS) is 1. The van der Waals surface area contributed by atoms with Gasteiger partial charge >= 0.3 is 5.97 Å². The van der Waals surface area contributed by atoms with Gasteiger partial charge in [-0.3, -0.25) is 4.79 Å². The highest BCUT2D eigenvalue weighted by molar-refractivity contribution is 5.86. The van der Waals surface area contributed by atoms with Crippen LogP contribution in [0.15, 0.2) is 72.8 Å². The van der Waals surface area contributed by atoms with Gasteiger partial charge in [-0.1, -0.05) is 73.7 Å². The standard InChI is InChI=1S/C34H31F2NO2/c1-2-19(23-13-14-26(33(35)36)31-24-10-6-4-8-21(24)18-28(23)31)11-12-27(34(38)39)32-29-17-20-7-3-5-9-22(20)25(29)15-16-30(32)37/h3-10,13-16,19,27,33H,2,11-12,17-18,37H2,1H3,(H,38,39). The van der Waals surface area contributed by atoms with Crippen molar-refractivity contribution in [1.29, 1.82) is 0 Å². The summed E-state index contributed by atoms with van der Waals surface area (Å²) in [5.41, 5.74) is 16.8. The minimum Gasteiger partial charge on any atom is -0.481 e. The van der Waals surface area contributed by atoms with E-state index in [0.29, 0.717) is 36.9 Å². The van der Waals surface area contributed by atoms with Gasteiger partial charge in [0.25, 0.3) is 6.43 Å². The Kier molecular flexibility index (Phi) is 6.46. The van der Waals surface area contributed by atoms with Crippen LogP contribution in [0.5, 0.6) is 0 Å². The molecule has 0 bridgehead atoms. The lowest BCUT2D eigenvalue weighted by atomic mass is 9.80. The molecule has 2 atom stereocenters. The molecule has 39 heavy (non-hydrogen) atoms. The van der Waals surface area contributed by atoms with Crippen LogP contribution in [0.3, 0.4) is 0 Å². The van der Waals surface area contributed by atoms with Crippen molar-refractivity contribution in [3.63, 3.8) is 0 Å². The number of carboxylic acids is 1. The summed E-state index contributed by atoms with van der Waals surface area (Å²) >= 11 is 0. The van der Waals surface area contributed by atoms with Crippen molar-refractivity contribution in [3.05, 3.63) is 112 Å². The van der Waals surface area contributed by atoms with Gasteiger partial charge in [0.1, 0.15) is 0 Å². The number of fused-ring (bicyclic) bond motifs is 6. The number of benzene rings is 4. The quantitative estimate of drug-likeness (QED) is 0.197. The number of hydrogen-bond acceptors (Lipinski definition) is 2. The lowest BCUT2D eigenvalue weighted by Crippen LogP contribution is -2.17. The van der Waals surface area contributed by atoms with Crippen molar-refractivity contribution in [3.8, 4) is 22.3 Å². The van der Waals surface area contributed by atoms with Gasteiger partial charge in [0, 0.05) is 11.3 Å². The number of carbonyl (C=O) groups is 1. The highest BCUT2D eigenvalue weighted by Crippen LogP contribution is 2.48. The molecule has 0 spiro atoms. The predicted octanol–water partition coefficient (Wildman–Crippen LogP) is 8.49. The molecule has 0 saturated heterocycles. The minimum absolute atomic E-state index is 0.0526. The van der Waals surface area contributed by atoms with Gasteiger partial charge in [0.2, 0.25) is 0 Å². The van der Waals surface area contributed by atoms with Crippen LogP contribution in [0.1, 0.15) is 83.4 Å². The van der Waals surface area contributed by atoms with E-state index >= 15 is 0 Å². The molecule has 0 aliphatic heterocycles. The SMILES string of the molecule is CCC(CCC(C(=O)O)c1c(N)ccc2c1Cc1ccccc1-2)c1ccc(C(F)F)c2c1Cc1ccccc1-2. The molecule has 2 unspecified atom stereocenters. The average Bonchev–Trinajstić information content (AvgIpc) is 3.50. The Hall–Kier alpha value is -3.99. The monoisotopic (exact) mass is 523 g/mol. The molecule has 6 rings (SSSR count). The Morgan fingerprint density at radius 2 is 1.46 bits per heavy atom. The second-order valence-electron chi connectivity index (χ2n) is 10.7. The maximum atomic E-state index is 14.0. The van der Waals surface area contributed by atoms with E-state index in [1.807, 2.05) is 54.6 Å². The van der Waals surface area contributed by atoms with Crippen LogP contribution in [0.4, 0.5) is 14.5 Å². The summed E-state index contributed by atoms with van der Waals surface area (Å²) in [5.74, 6) is -1.57. The molecule has 2 aliphatic rings. The molecule has 0 aromatic heterocycles. The van der Waals surface area contributed by atoms with Crippen LogP contribution in [0, 0.1) is 0 Å². The van der Waals surface area contributed by atoms with E-state index in [9.17, 15) is 18.7 Å². The van der Waals surface area contributed by atoms with Gasteiger partial charge in [0.05, 0.1) is 5.92 Å². The van der Waals surface area contributed by atoms with Gasteiger partial charge in [-0.15, -0.1) is 0 Å². The molecule has 4 aromatic carbocycles. The summed E-state index contributed by atoms with van der Waals surface area (Å²) in [6, 6.07) is 23.2. The van der Waals surface area contributed by atoms with E-state index in [1.54, 1.807) is 6.07 Å². The first-order valence-corrected chi connectivity index (χ1v) is 13.6. The topological polar surface area (TPSA) is 63.3 Å². The van der Waals surface area contributed by atoms with E-state index < -0.39 is 18.3 Å². The summed E-state index contributed by atoms with van der Waals surface area (Å²) in [4.78, 5) is 12.7. The molecule has 5 heteroatoms. The highest BCUT2D eigenvalue weighted by atomic mass is 19.3. The third-order valence-corrected chi connectivity index (χ3v) is 8.72. The second kappa shape index (κ2) is 9.96. The molecule has 3 N–H and O–H groups in total. The molecule has 4 aromatic rings. The third kappa shape index (κ3) is 4.21. The van der Waals surface area contributed by atoms with Crippen molar-refractivity contribution in [2.75, 3.05) is 5.73 Å². The van der Waals surface area contributed by atoms with Gasteiger partial charge in [-0.2, -0.15) is 0 Å². The fraction of sp³-hybridized carbons (Fsp3) is 0.265. The zero-order chi connectivity index (χ0) is 27.3. The van der Waals surface area contributed by atoms with Gasteiger partial charge in [-0.25, -0.2) is 8.78 Å². The largest absolute Gasteiger partial charge is 0.481 e. The normalized spacial score (nSPS) is 14.5. The molecule has 0 amide bonds. The van der Waals surface area contributed by atoms with E-state index in [4.69, 9.17) is 5.73 Å². The molecule has 0 saturated carbocycles. The van der Waals surface area contributed by atoms with Gasteiger partial charge < -0.3 is 10.8 Å². The fourth-order valence-electron chi connectivity index (χ4n) is 6.87. The number of nitrogens with two attached hydrogens (primary N) is 1. The molecular formula is C34H31F2NO2. The smallest absolute Gasteiger partial charge is 0.311 e. The summed E-state index contributed by atoms with van der Waals surface area (Å²) in [6.45, 7) is 2.08. The number of nitrogen functional groups attached to an aromatic ring is 1. The summed E-state index contributed by atoms with van der Waals surface area (Å²) < 4.78 is 28.1. The molecule has 0 fully saturated rings. The maximum Gasteiger partial charge on any atom is 0.311 e. The fourth-order valence-corrected chi connectivity index (χ4v) is 6.87. The highest BCUT2D eigenvalue weighted by Gasteiger charge is 2.33. The maximum absolute atomic E-state index is 14.0. The Labute approximate surface area is 227 Å². The molecule has 0 radical (unpaired) electrons. The van der Waals surface area contributed by atoms with Crippen molar-refractivity contribution in [1.82, 2.24) is 0 Å². The van der Waals surface area contributed by atoms with Crippen LogP contribution < -0.4 is 5.73 Å². The molecule has 2 aliphatic carbocycles. The van der Waals surface area contributed by atoms with E-state index in [0.717, 1.165) is 50.9 Å². The summed E-state index contributed by atoms with van der Waals surface area (Å²) in [6.07, 6.45) is 0.578. The Morgan fingerprint density at radius 1 is 0.821 bits per heavy atom. The first-order valence-electron chi connectivity index (χ1n) is 13.6. The zero-order valence-corrected chi connectivity index (χ0v) is 21.9. The van der Waals surface area contributed by atoms with E-state index in [1.165, 1.54) is 5.56 Å². The van der Waals surface area contributed by atoms with Crippen molar-refractivity contribution < 1.29 is 18.7 Å². The first kappa shape index (κ1) is 25.3. The third-order valence-electron chi connectivity index (χ3n) is 8.72. The van der Waals surface area contributed by atoms with Crippen LogP contribution in [0.25, 0.3) is 22.3 Å². The van der Waals surface area contributed by atoms with Crippen molar-refractivity contribution in [2.24, 2.45) is 0 Å².